The predicted octanol–water partition coefficient (Wildman–Crippen LogP) is 3.25. The number of rotatable bonds is 5. The molecular formula is C14H29NOS. The van der Waals surface area contributed by atoms with Crippen LogP contribution in [0, 0.1) is 0 Å². The molecule has 102 valence electrons. The van der Waals surface area contributed by atoms with Crippen LogP contribution in [0.15, 0.2) is 0 Å². The molecule has 0 heterocycles. The van der Waals surface area contributed by atoms with Gasteiger partial charge in [-0.3, -0.25) is 4.79 Å². The summed E-state index contributed by atoms with van der Waals surface area (Å²) < 4.78 is 0. The minimum atomic E-state index is -0.414. The third kappa shape index (κ3) is 5.80. The summed E-state index contributed by atoms with van der Waals surface area (Å²) in [5.41, 5.74) is 0. The quantitative estimate of drug-likeness (QED) is 0.742. The van der Waals surface area contributed by atoms with Crippen molar-refractivity contribution in [3.8, 4) is 0 Å². The van der Waals surface area contributed by atoms with Gasteiger partial charge in [-0.1, -0.05) is 19.3 Å². The molecule has 3 heteroatoms. The smallest absolute Gasteiger partial charge is 0.219 e. The molecule has 0 bridgehead atoms. The van der Waals surface area contributed by atoms with Gasteiger partial charge in [0, 0.05) is 19.5 Å². The number of hydrogen-bond acceptors (Lipinski definition) is 1. The fourth-order valence-corrected chi connectivity index (χ4v) is 3.65. The van der Waals surface area contributed by atoms with Crippen LogP contribution in [0.25, 0.3) is 0 Å². The standard InChI is InChI=1S/C14H29NOS/c1-13(16)15(11-8-12-17(2,3)4)14-9-6-5-7-10-14/h14H,5-12H2,1-4H3. The van der Waals surface area contributed by atoms with Crippen molar-refractivity contribution in [1.29, 1.82) is 0 Å². The average molecular weight is 259 g/mol. The molecule has 1 aliphatic carbocycles. The second-order valence-corrected chi connectivity index (χ2v) is 10.7. The molecule has 0 aliphatic heterocycles. The molecule has 1 rings (SSSR count). The van der Waals surface area contributed by atoms with Gasteiger partial charge in [-0.2, -0.15) is 0 Å². The van der Waals surface area contributed by atoms with Crippen LogP contribution in [0.3, 0.4) is 0 Å². The van der Waals surface area contributed by atoms with Gasteiger partial charge < -0.3 is 4.90 Å². The predicted molar refractivity (Wildman–Crippen MR) is 79.1 cm³/mol. The van der Waals surface area contributed by atoms with Gasteiger partial charge in [-0.25, -0.2) is 10.0 Å². The Labute approximate surface area is 108 Å². The first-order valence-corrected chi connectivity index (χ1v) is 9.86. The highest BCUT2D eigenvalue weighted by Crippen LogP contribution is 2.35. The summed E-state index contributed by atoms with van der Waals surface area (Å²) in [4.78, 5) is 13.9. The van der Waals surface area contributed by atoms with Gasteiger partial charge in [0.25, 0.3) is 0 Å². The molecule has 0 saturated heterocycles. The van der Waals surface area contributed by atoms with E-state index in [0.717, 1.165) is 6.54 Å². The van der Waals surface area contributed by atoms with Crippen LogP contribution < -0.4 is 0 Å². The minimum absolute atomic E-state index is 0.279. The van der Waals surface area contributed by atoms with Crippen LogP contribution in [0.2, 0.25) is 0 Å². The Morgan fingerprint density at radius 1 is 1.18 bits per heavy atom. The fourth-order valence-electron chi connectivity index (χ4n) is 2.66. The van der Waals surface area contributed by atoms with Gasteiger partial charge in [0.1, 0.15) is 0 Å². The van der Waals surface area contributed by atoms with Crippen molar-refractivity contribution in [2.24, 2.45) is 0 Å². The van der Waals surface area contributed by atoms with Crippen LogP contribution in [0.5, 0.6) is 0 Å². The Hall–Kier alpha value is -0.180. The summed E-state index contributed by atoms with van der Waals surface area (Å²) >= 11 is 0. The highest BCUT2D eigenvalue weighted by molar-refractivity contribution is 8.32. The van der Waals surface area contributed by atoms with Crippen molar-refractivity contribution in [3.63, 3.8) is 0 Å². The zero-order valence-electron chi connectivity index (χ0n) is 12.0. The van der Waals surface area contributed by atoms with E-state index in [9.17, 15) is 4.79 Å². The van der Waals surface area contributed by atoms with Crippen molar-refractivity contribution in [2.45, 2.75) is 51.5 Å². The van der Waals surface area contributed by atoms with E-state index in [0.29, 0.717) is 6.04 Å². The number of carbonyl (C=O) groups is 1. The summed E-state index contributed by atoms with van der Waals surface area (Å²) in [6.07, 6.45) is 14.6. The van der Waals surface area contributed by atoms with E-state index in [4.69, 9.17) is 0 Å². The van der Waals surface area contributed by atoms with Crippen molar-refractivity contribution >= 4 is 15.9 Å². The lowest BCUT2D eigenvalue weighted by Gasteiger charge is -2.35. The average Bonchev–Trinajstić information content (AvgIpc) is 2.23. The molecule has 0 unspecified atom stereocenters. The largest absolute Gasteiger partial charge is 0.340 e. The lowest BCUT2D eigenvalue weighted by atomic mass is 9.94. The number of hydrogen-bond donors (Lipinski definition) is 0. The number of nitrogens with zero attached hydrogens (tertiary/aromatic N) is 1. The van der Waals surface area contributed by atoms with Crippen LogP contribution in [-0.2, 0) is 4.79 Å². The first-order chi connectivity index (χ1) is 7.90. The molecule has 1 amide bonds. The van der Waals surface area contributed by atoms with Gasteiger partial charge in [-0.15, -0.1) is 0 Å². The van der Waals surface area contributed by atoms with Crippen molar-refractivity contribution < 1.29 is 4.79 Å². The maximum atomic E-state index is 11.7. The molecular weight excluding hydrogens is 230 g/mol. The summed E-state index contributed by atoms with van der Waals surface area (Å²) in [7, 11) is -0.414. The summed E-state index contributed by atoms with van der Waals surface area (Å²) in [5.74, 6) is 1.56. The highest BCUT2D eigenvalue weighted by Gasteiger charge is 2.22. The first-order valence-electron chi connectivity index (χ1n) is 6.83. The molecule has 1 fully saturated rings. The summed E-state index contributed by atoms with van der Waals surface area (Å²) in [6, 6.07) is 0.538. The van der Waals surface area contributed by atoms with Gasteiger partial charge >= 0.3 is 0 Å². The van der Waals surface area contributed by atoms with E-state index in [2.05, 4.69) is 23.7 Å². The van der Waals surface area contributed by atoms with Crippen molar-refractivity contribution in [3.05, 3.63) is 0 Å². The van der Waals surface area contributed by atoms with Gasteiger partial charge in [0.2, 0.25) is 5.91 Å². The molecule has 0 radical (unpaired) electrons. The van der Waals surface area contributed by atoms with Crippen LogP contribution in [-0.4, -0.2) is 47.9 Å². The molecule has 0 aromatic rings. The number of amides is 1. The molecule has 0 aromatic heterocycles. The third-order valence-electron chi connectivity index (χ3n) is 3.58. The van der Waals surface area contributed by atoms with Gasteiger partial charge in [0.15, 0.2) is 0 Å². The van der Waals surface area contributed by atoms with Crippen molar-refractivity contribution in [1.82, 2.24) is 4.90 Å². The maximum absolute atomic E-state index is 11.7. The molecule has 17 heavy (non-hydrogen) atoms. The monoisotopic (exact) mass is 259 g/mol. The van der Waals surface area contributed by atoms with E-state index < -0.39 is 10.0 Å². The molecule has 2 nitrogen and oxygen atoms in total. The second kappa shape index (κ2) is 6.67. The normalized spacial score (nSPS) is 19.1. The fraction of sp³-hybridized carbons (Fsp3) is 0.929. The topological polar surface area (TPSA) is 20.3 Å². The third-order valence-corrected chi connectivity index (χ3v) is 5.09. The Morgan fingerprint density at radius 3 is 2.24 bits per heavy atom. The lowest BCUT2D eigenvalue weighted by molar-refractivity contribution is -0.131. The zero-order chi connectivity index (χ0) is 12.9. The van der Waals surface area contributed by atoms with Gasteiger partial charge in [0.05, 0.1) is 0 Å². The van der Waals surface area contributed by atoms with Crippen LogP contribution in [0.4, 0.5) is 0 Å². The second-order valence-electron chi connectivity index (χ2n) is 6.15. The Morgan fingerprint density at radius 2 is 1.76 bits per heavy atom. The molecule has 0 spiro atoms. The number of carbonyl (C=O) groups excluding carboxylic acids is 1. The van der Waals surface area contributed by atoms with Gasteiger partial charge in [-0.05, 0) is 43.8 Å². The Balaban J connectivity index is 2.40. The SMILES string of the molecule is CC(=O)N(CCCS(C)(C)C)C1CCCCC1. The van der Waals surface area contributed by atoms with E-state index in [1.807, 2.05) is 0 Å². The van der Waals surface area contributed by atoms with E-state index >= 15 is 0 Å². The summed E-state index contributed by atoms with van der Waals surface area (Å²) in [5, 5.41) is 0. The molecule has 0 aromatic carbocycles. The first kappa shape index (κ1) is 14.9. The molecule has 1 saturated carbocycles. The van der Waals surface area contributed by atoms with Crippen molar-refractivity contribution in [2.75, 3.05) is 31.1 Å². The highest BCUT2D eigenvalue weighted by atomic mass is 32.3. The minimum Gasteiger partial charge on any atom is -0.340 e. The Kier molecular flexibility index (Phi) is 5.84. The maximum Gasteiger partial charge on any atom is 0.219 e. The van der Waals surface area contributed by atoms with Crippen LogP contribution in [0.1, 0.15) is 45.4 Å². The van der Waals surface area contributed by atoms with E-state index in [1.165, 1.54) is 44.3 Å². The zero-order valence-corrected chi connectivity index (χ0v) is 12.8. The Bertz CT molecular complexity index is 241. The van der Waals surface area contributed by atoms with E-state index in [-0.39, 0.29) is 5.91 Å². The molecule has 1 aliphatic rings. The van der Waals surface area contributed by atoms with Crippen LogP contribution >= 0.6 is 10.0 Å². The molecule has 0 N–H and O–H groups in total. The van der Waals surface area contributed by atoms with E-state index in [1.54, 1.807) is 6.92 Å². The lowest BCUT2D eigenvalue weighted by Crippen LogP contribution is -2.41. The molecule has 0 atom stereocenters. The summed E-state index contributed by atoms with van der Waals surface area (Å²) in [6.45, 7) is 2.71.